The Labute approximate surface area is 240 Å². The van der Waals surface area contributed by atoms with E-state index in [4.69, 9.17) is 10.00 Å². The predicted molar refractivity (Wildman–Crippen MR) is 155 cm³/mol. The van der Waals surface area contributed by atoms with E-state index in [0.717, 1.165) is 56.4 Å². The number of fused-ring (bicyclic) bond motifs is 1. The largest absolute Gasteiger partial charge is 0.476 e. The lowest BCUT2D eigenvalue weighted by Crippen LogP contribution is -2.38. The van der Waals surface area contributed by atoms with Gasteiger partial charge in [0.25, 0.3) is 5.91 Å². The van der Waals surface area contributed by atoms with Gasteiger partial charge < -0.3 is 19.6 Å². The van der Waals surface area contributed by atoms with Crippen LogP contribution >= 0.6 is 0 Å². The highest BCUT2D eigenvalue weighted by atomic mass is 16.5. The Balaban J connectivity index is 1.42. The number of benzene rings is 1. The molecule has 10 nitrogen and oxygen atoms in total. The normalized spacial score (nSPS) is 20.2. The first kappa shape index (κ1) is 28.6. The molecular formula is C31H39N7O3. The number of amides is 2. The molecule has 0 unspecified atom stereocenters. The van der Waals surface area contributed by atoms with Crippen molar-refractivity contribution in [3.05, 3.63) is 53.3 Å². The number of H-pyrrole nitrogens is 1. The van der Waals surface area contributed by atoms with Crippen LogP contribution in [0, 0.1) is 17.2 Å². The molecule has 10 heteroatoms. The Morgan fingerprint density at radius 2 is 1.88 bits per heavy atom. The maximum absolute atomic E-state index is 13.1. The van der Waals surface area contributed by atoms with Gasteiger partial charge in [0.15, 0.2) is 0 Å². The number of carbonyl (C=O) groups is 2. The lowest BCUT2D eigenvalue weighted by Gasteiger charge is -2.29. The molecule has 2 amide bonds. The number of ether oxygens (including phenoxy) is 1. The average molecular weight is 558 g/mol. The summed E-state index contributed by atoms with van der Waals surface area (Å²) in [5, 5.41) is 12.1. The molecule has 0 spiro atoms. The molecule has 0 bridgehead atoms. The van der Waals surface area contributed by atoms with E-state index in [-0.39, 0.29) is 23.9 Å². The maximum atomic E-state index is 13.1. The predicted octanol–water partition coefficient (Wildman–Crippen LogP) is 4.10. The molecule has 1 saturated carbocycles. The van der Waals surface area contributed by atoms with Crippen molar-refractivity contribution < 1.29 is 14.3 Å². The zero-order valence-electron chi connectivity index (χ0n) is 23.9. The van der Waals surface area contributed by atoms with Gasteiger partial charge in [-0.3, -0.25) is 14.5 Å². The number of rotatable bonds is 8. The summed E-state index contributed by atoms with van der Waals surface area (Å²) in [5.41, 5.74) is 2.97. The van der Waals surface area contributed by atoms with Crippen LogP contribution in [-0.4, -0.2) is 63.5 Å². The van der Waals surface area contributed by atoms with Crippen LogP contribution in [0.15, 0.2) is 41.5 Å². The summed E-state index contributed by atoms with van der Waals surface area (Å²) >= 11 is 0. The van der Waals surface area contributed by atoms with Gasteiger partial charge in [-0.1, -0.05) is 6.42 Å². The topological polar surface area (TPSA) is 128 Å². The van der Waals surface area contributed by atoms with Crippen LogP contribution in [0.2, 0.25) is 0 Å². The van der Waals surface area contributed by atoms with Crippen LogP contribution in [0.1, 0.15) is 80.8 Å². The van der Waals surface area contributed by atoms with Gasteiger partial charge in [0.2, 0.25) is 17.4 Å². The smallest absolute Gasteiger partial charge is 0.280 e. The first-order chi connectivity index (χ1) is 19.9. The van der Waals surface area contributed by atoms with Crippen LogP contribution in [0.5, 0.6) is 5.88 Å². The van der Waals surface area contributed by atoms with Gasteiger partial charge in [-0.2, -0.15) is 10.3 Å². The Morgan fingerprint density at radius 1 is 1.15 bits per heavy atom. The molecule has 1 aliphatic heterocycles. The summed E-state index contributed by atoms with van der Waals surface area (Å²) in [5.74, 6) is 0.232. The third kappa shape index (κ3) is 7.03. The van der Waals surface area contributed by atoms with E-state index < -0.39 is 5.91 Å². The van der Waals surface area contributed by atoms with Gasteiger partial charge in [0, 0.05) is 36.2 Å². The van der Waals surface area contributed by atoms with Crippen LogP contribution in [0.3, 0.4) is 0 Å². The van der Waals surface area contributed by atoms with E-state index >= 15 is 0 Å². The summed E-state index contributed by atoms with van der Waals surface area (Å²) in [4.78, 5) is 40.5. The van der Waals surface area contributed by atoms with Crippen molar-refractivity contribution in [3.63, 3.8) is 0 Å². The second-order valence-corrected chi connectivity index (χ2v) is 11.4. The number of pyridine rings is 1. The van der Waals surface area contributed by atoms with E-state index in [2.05, 4.69) is 35.8 Å². The highest BCUT2D eigenvalue weighted by Gasteiger charge is 2.29. The third-order valence-electron chi connectivity index (χ3n) is 8.03. The number of hydrogen-bond donors (Lipinski definition) is 2. The number of likely N-dealkylation sites (tertiary alicyclic amines) is 1. The minimum absolute atomic E-state index is 0.0181. The average Bonchev–Trinajstić information content (AvgIpc) is 3.34. The fourth-order valence-corrected chi connectivity index (χ4v) is 5.86. The molecule has 1 saturated heterocycles. The zero-order valence-corrected chi connectivity index (χ0v) is 23.9. The van der Waals surface area contributed by atoms with Crippen LogP contribution in [0.4, 0.5) is 0 Å². The standard InChI is InChI=1S/C31H39N7O3/c1-21(2)34-29(39)24-10-12-25(13-11-24)38-27-18-28(41-17-16-37-14-4-3-5-15-37)33-20-26(27)35-31(38)36-30(40)23-8-6-22(19-32)7-9-23/h6-9,18,20-21,24-25H,3-5,10-17H2,1-2H3,(H,34,39)(H,35,36,40)/t24-,25+. The number of imidazole rings is 1. The van der Waals surface area contributed by atoms with Crippen molar-refractivity contribution in [2.24, 2.45) is 10.9 Å². The van der Waals surface area contributed by atoms with Gasteiger partial charge in [0.1, 0.15) is 6.61 Å². The van der Waals surface area contributed by atoms with Crippen molar-refractivity contribution in [2.45, 2.75) is 70.9 Å². The number of hydrogen-bond acceptors (Lipinski definition) is 6. The number of nitrogens with one attached hydrogen (secondary N) is 2. The lowest BCUT2D eigenvalue weighted by atomic mass is 9.85. The van der Waals surface area contributed by atoms with Gasteiger partial charge in [-0.15, -0.1) is 0 Å². The molecule has 1 aliphatic carbocycles. The van der Waals surface area contributed by atoms with E-state index in [9.17, 15) is 9.59 Å². The summed E-state index contributed by atoms with van der Waals surface area (Å²) in [6.45, 7) is 7.62. The molecule has 1 aromatic carbocycles. The van der Waals surface area contributed by atoms with Gasteiger partial charge in [0.05, 0.1) is 28.9 Å². The van der Waals surface area contributed by atoms with Gasteiger partial charge >= 0.3 is 0 Å². The fraction of sp³-hybridized carbons (Fsp3) is 0.516. The minimum Gasteiger partial charge on any atom is -0.476 e. The number of piperidine rings is 1. The van der Waals surface area contributed by atoms with Crippen LogP contribution in [-0.2, 0) is 4.79 Å². The lowest BCUT2D eigenvalue weighted by molar-refractivity contribution is -0.126. The van der Waals surface area contributed by atoms with Gasteiger partial charge in [-0.25, -0.2) is 4.98 Å². The molecule has 216 valence electrons. The summed E-state index contributed by atoms with van der Waals surface area (Å²) in [7, 11) is 0. The molecule has 41 heavy (non-hydrogen) atoms. The molecule has 3 heterocycles. The summed E-state index contributed by atoms with van der Waals surface area (Å²) in [6.07, 6.45) is 8.60. The highest BCUT2D eigenvalue weighted by Crippen LogP contribution is 2.33. The molecule has 0 radical (unpaired) electrons. The quantitative estimate of drug-likeness (QED) is 0.429. The monoisotopic (exact) mass is 557 g/mol. The zero-order chi connectivity index (χ0) is 28.8. The second-order valence-electron chi connectivity index (χ2n) is 11.4. The Bertz CT molecular complexity index is 1470. The minimum atomic E-state index is -0.397. The van der Waals surface area contributed by atoms with E-state index in [0.29, 0.717) is 29.2 Å². The molecule has 5 rings (SSSR count). The maximum Gasteiger partial charge on any atom is 0.280 e. The van der Waals surface area contributed by atoms with Crippen molar-refractivity contribution in [1.82, 2.24) is 24.8 Å². The van der Waals surface area contributed by atoms with Crippen molar-refractivity contribution in [3.8, 4) is 11.9 Å². The van der Waals surface area contributed by atoms with Crippen LogP contribution in [0.25, 0.3) is 11.0 Å². The number of carbonyl (C=O) groups excluding carboxylic acids is 2. The third-order valence-corrected chi connectivity index (χ3v) is 8.03. The highest BCUT2D eigenvalue weighted by molar-refractivity contribution is 5.95. The molecule has 2 aromatic heterocycles. The first-order valence-corrected chi connectivity index (χ1v) is 14.8. The Hall–Kier alpha value is -3.97. The van der Waals surface area contributed by atoms with Crippen molar-refractivity contribution >= 4 is 22.8 Å². The number of aromatic amines is 1. The van der Waals surface area contributed by atoms with E-state index in [1.807, 2.05) is 19.9 Å². The molecule has 2 aliphatic rings. The molecule has 2 N–H and O–H groups in total. The van der Waals surface area contributed by atoms with Crippen LogP contribution < -0.4 is 15.7 Å². The molecule has 3 aromatic rings. The van der Waals surface area contributed by atoms with Crippen molar-refractivity contribution in [2.75, 3.05) is 26.2 Å². The second kappa shape index (κ2) is 13.1. The number of nitrogens with zero attached hydrogens (tertiary/aromatic N) is 5. The van der Waals surface area contributed by atoms with E-state index in [1.165, 1.54) is 19.3 Å². The number of nitriles is 1. The fourth-order valence-electron chi connectivity index (χ4n) is 5.86. The summed E-state index contributed by atoms with van der Waals surface area (Å²) in [6, 6.07) is 10.6. The SMILES string of the molecule is CC(C)NC(=O)[C@H]1CC[C@@H](n2/c(=N/C(=O)c3ccc(C#N)cc3)[nH]c3cnc(OCCN4CCCCC4)cc32)CC1. The van der Waals surface area contributed by atoms with Gasteiger partial charge in [-0.05, 0) is 89.7 Å². The molecule has 0 atom stereocenters. The van der Waals surface area contributed by atoms with Crippen molar-refractivity contribution in [1.29, 1.82) is 5.26 Å². The summed E-state index contributed by atoms with van der Waals surface area (Å²) < 4.78 is 8.15. The van der Waals surface area contributed by atoms with E-state index in [1.54, 1.807) is 30.5 Å². The molecular weight excluding hydrogens is 518 g/mol. The number of aromatic nitrogens is 3. The Kier molecular flexibility index (Phi) is 9.14. The Morgan fingerprint density at radius 3 is 2.56 bits per heavy atom. The first-order valence-electron chi connectivity index (χ1n) is 14.8. The molecule has 2 fully saturated rings.